The number of hydrogen-bond donors (Lipinski definition) is 2. The first kappa shape index (κ1) is 27.0. The average molecular weight is 557 g/mol. The van der Waals surface area contributed by atoms with Crippen molar-refractivity contribution in [3.63, 3.8) is 0 Å². The summed E-state index contributed by atoms with van der Waals surface area (Å²) < 4.78 is 69.3. The van der Waals surface area contributed by atoms with E-state index in [2.05, 4.69) is 10.0 Å². The van der Waals surface area contributed by atoms with Crippen molar-refractivity contribution in [3.05, 3.63) is 96.8 Å². The standard InChI is InChI=1S/C26H25FN4O5S2/c1-30(2)38(35,36)31(22-14-10-20(27)11-15-22)18-26(32)28-21-12-16-23(17-13-21)37(33,34)29-25-9-5-7-19-6-3-4-8-24(19)25/h3-17,29H,18H2,1-2H3,(H,28,32). The lowest BCUT2D eigenvalue weighted by atomic mass is 10.1. The molecule has 38 heavy (non-hydrogen) atoms. The molecule has 12 heteroatoms. The van der Waals surface area contributed by atoms with Gasteiger partial charge in [-0.3, -0.25) is 9.52 Å². The molecule has 4 aromatic rings. The Bertz CT molecular complexity index is 1670. The number of fused-ring (bicyclic) bond motifs is 1. The number of amides is 1. The maximum absolute atomic E-state index is 13.4. The van der Waals surface area contributed by atoms with Gasteiger partial charge in [0.2, 0.25) is 5.91 Å². The average Bonchev–Trinajstić information content (AvgIpc) is 2.88. The smallest absolute Gasteiger partial charge is 0.304 e. The molecule has 0 radical (unpaired) electrons. The molecule has 4 aromatic carbocycles. The minimum Gasteiger partial charge on any atom is -0.325 e. The highest BCUT2D eigenvalue weighted by atomic mass is 32.2. The van der Waals surface area contributed by atoms with Gasteiger partial charge >= 0.3 is 10.2 Å². The molecule has 0 aliphatic carbocycles. The van der Waals surface area contributed by atoms with E-state index in [1.54, 1.807) is 12.1 Å². The quantitative estimate of drug-likeness (QED) is 0.323. The van der Waals surface area contributed by atoms with Crippen LogP contribution in [-0.4, -0.2) is 47.7 Å². The van der Waals surface area contributed by atoms with Gasteiger partial charge in [0.05, 0.1) is 16.3 Å². The molecule has 0 atom stereocenters. The zero-order valence-corrected chi connectivity index (χ0v) is 22.1. The van der Waals surface area contributed by atoms with Crippen molar-refractivity contribution < 1.29 is 26.0 Å². The number of hydrogen-bond acceptors (Lipinski definition) is 5. The van der Waals surface area contributed by atoms with Crippen molar-refractivity contribution in [2.75, 3.05) is 35.0 Å². The van der Waals surface area contributed by atoms with Gasteiger partial charge in [-0.05, 0) is 60.0 Å². The van der Waals surface area contributed by atoms with Gasteiger partial charge in [-0.25, -0.2) is 17.1 Å². The van der Waals surface area contributed by atoms with E-state index in [9.17, 15) is 26.0 Å². The van der Waals surface area contributed by atoms with E-state index in [0.717, 1.165) is 31.5 Å². The number of nitrogens with one attached hydrogen (secondary N) is 2. The first-order valence-corrected chi connectivity index (χ1v) is 14.2. The van der Waals surface area contributed by atoms with Gasteiger partial charge in [-0.15, -0.1) is 0 Å². The van der Waals surface area contributed by atoms with Crippen LogP contribution >= 0.6 is 0 Å². The second kappa shape index (κ2) is 10.8. The fraction of sp³-hybridized carbons (Fsp3) is 0.115. The second-order valence-corrected chi connectivity index (χ2v) is 12.2. The Morgan fingerprint density at radius 3 is 2.11 bits per heavy atom. The molecular formula is C26H25FN4O5S2. The van der Waals surface area contributed by atoms with Gasteiger partial charge < -0.3 is 5.32 Å². The highest BCUT2D eigenvalue weighted by Gasteiger charge is 2.27. The molecule has 9 nitrogen and oxygen atoms in total. The van der Waals surface area contributed by atoms with E-state index in [1.165, 1.54) is 50.5 Å². The Balaban J connectivity index is 1.50. The van der Waals surface area contributed by atoms with Crippen LogP contribution in [0.2, 0.25) is 0 Å². The van der Waals surface area contributed by atoms with Gasteiger partial charge in [0.25, 0.3) is 10.0 Å². The second-order valence-electron chi connectivity index (χ2n) is 8.48. The highest BCUT2D eigenvalue weighted by Crippen LogP contribution is 2.26. The third-order valence-corrected chi connectivity index (χ3v) is 8.83. The van der Waals surface area contributed by atoms with Crippen molar-refractivity contribution in [3.8, 4) is 0 Å². The SMILES string of the molecule is CN(C)S(=O)(=O)N(CC(=O)Nc1ccc(S(=O)(=O)Nc2cccc3ccccc23)cc1)c1ccc(F)cc1. The lowest BCUT2D eigenvalue weighted by molar-refractivity contribution is -0.114. The third kappa shape index (κ3) is 5.93. The number of halogens is 1. The van der Waals surface area contributed by atoms with Crippen molar-refractivity contribution >= 4 is 54.0 Å². The molecule has 0 aromatic heterocycles. The third-order valence-electron chi connectivity index (χ3n) is 5.62. The molecule has 0 spiro atoms. The van der Waals surface area contributed by atoms with Crippen LogP contribution in [0.3, 0.4) is 0 Å². The Labute approximate surface area is 220 Å². The number of benzene rings is 4. The highest BCUT2D eigenvalue weighted by molar-refractivity contribution is 7.92. The summed E-state index contributed by atoms with van der Waals surface area (Å²) >= 11 is 0. The van der Waals surface area contributed by atoms with Gasteiger partial charge in [0.1, 0.15) is 12.4 Å². The van der Waals surface area contributed by atoms with Crippen LogP contribution in [0.25, 0.3) is 10.8 Å². The Kier molecular flexibility index (Phi) is 7.67. The number of nitrogens with zero attached hydrogens (tertiary/aromatic N) is 2. The molecule has 0 heterocycles. The predicted molar refractivity (Wildman–Crippen MR) is 146 cm³/mol. The molecule has 1 amide bonds. The normalized spacial score (nSPS) is 11.9. The minimum atomic E-state index is -4.07. The van der Waals surface area contributed by atoms with Gasteiger partial charge in [0.15, 0.2) is 0 Å². The first-order valence-electron chi connectivity index (χ1n) is 11.3. The zero-order chi connectivity index (χ0) is 27.5. The molecular weight excluding hydrogens is 531 g/mol. The summed E-state index contributed by atoms with van der Waals surface area (Å²) in [5.41, 5.74) is 0.806. The fourth-order valence-corrected chi connectivity index (χ4v) is 5.82. The van der Waals surface area contributed by atoms with E-state index >= 15 is 0 Å². The van der Waals surface area contributed by atoms with E-state index in [-0.39, 0.29) is 16.3 Å². The van der Waals surface area contributed by atoms with E-state index in [4.69, 9.17) is 0 Å². The van der Waals surface area contributed by atoms with Crippen LogP contribution in [-0.2, 0) is 25.0 Å². The van der Waals surface area contributed by atoms with Crippen LogP contribution in [0.4, 0.5) is 21.5 Å². The van der Waals surface area contributed by atoms with E-state index in [1.807, 2.05) is 30.3 Å². The van der Waals surface area contributed by atoms with Gasteiger partial charge in [0, 0.05) is 25.2 Å². The topological polar surface area (TPSA) is 116 Å². The van der Waals surface area contributed by atoms with Crippen LogP contribution < -0.4 is 14.3 Å². The van der Waals surface area contributed by atoms with Crippen molar-refractivity contribution in [2.45, 2.75) is 4.90 Å². The van der Waals surface area contributed by atoms with E-state index in [0.29, 0.717) is 5.69 Å². The summed E-state index contributed by atoms with van der Waals surface area (Å²) in [6.45, 7) is -0.588. The van der Waals surface area contributed by atoms with Crippen LogP contribution in [0, 0.1) is 5.82 Å². The maximum atomic E-state index is 13.4. The monoisotopic (exact) mass is 556 g/mol. The fourth-order valence-electron chi connectivity index (χ4n) is 3.68. The largest absolute Gasteiger partial charge is 0.325 e. The molecule has 2 N–H and O–H groups in total. The molecule has 0 saturated heterocycles. The van der Waals surface area contributed by atoms with Crippen LogP contribution in [0.1, 0.15) is 0 Å². The van der Waals surface area contributed by atoms with Gasteiger partial charge in [-0.1, -0.05) is 36.4 Å². The molecule has 0 aliphatic rings. The maximum Gasteiger partial charge on any atom is 0.304 e. The predicted octanol–water partition coefficient (Wildman–Crippen LogP) is 4.03. The summed E-state index contributed by atoms with van der Waals surface area (Å²) in [6, 6.07) is 22.8. The summed E-state index contributed by atoms with van der Waals surface area (Å²) in [5, 5.41) is 4.20. The Hall–Kier alpha value is -4.00. The summed E-state index contributed by atoms with van der Waals surface area (Å²) in [7, 11) is -5.36. The van der Waals surface area contributed by atoms with Gasteiger partial charge in [-0.2, -0.15) is 12.7 Å². The lowest BCUT2D eigenvalue weighted by Crippen LogP contribution is -2.44. The Morgan fingerprint density at radius 2 is 1.45 bits per heavy atom. The minimum absolute atomic E-state index is 0.0217. The molecule has 0 bridgehead atoms. The van der Waals surface area contributed by atoms with Crippen LogP contribution in [0.15, 0.2) is 95.9 Å². The summed E-state index contributed by atoms with van der Waals surface area (Å²) in [6.07, 6.45) is 0. The zero-order valence-electron chi connectivity index (χ0n) is 20.5. The van der Waals surface area contributed by atoms with Crippen molar-refractivity contribution in [1.29, 1.82) is 0 Å². The number of rotatable bonds is 9. The summed E-state index contributed by atoms with van der Waals surface area (Å²) in [5.74, 6) is -1.23. The Morgan fingerprint density at radius 1 is 0.816 bits per heavy atom. The van der Waals surface area contributed by atoms with Crippen molar-refractivity contribution in [1.82, 2.24) is 4.31 Å². The number of carbonyl (C=O) groups is 1. The molecule has 0 unspecified atom stereocenters. The molecule has 0 fully saturated rings. The number of anilines is 3. The van der Waals surface area contributed by atoms with Crippen LogP contribution in [0.5, 0.6) is 0 Å². The summed E-state index contributed by atoms with van der Waals surface area (Å²) in [4.78, 5) is 12.7. The molecule has 0 aliphatic heterocycles. The first-order chi connectivity index (χ1) is 18.0. The molecule has 4 rings (SSSR count). The molecule has 0 saturated carbocycles. The number of sulfonamides is 1. The number of carbonyl (C=O) groups excluding carboxylic acids is 1. The lowest BCUT2D eigenvalue weighted by Gasteiger charge is -2.26. The molecule has 198 valence electrons. The van der Waals surface area contributed by atoms with Crippen molar-refractivity contribution in [2.24, 2.45) is 0 Å². The van der Waals surface area contributed by atoms with E-state index < -0.39 is 38.5 Å².